The van der Waals surface area contributed by atoms with Crippen molar-refractivity contribution in [3.63, 3.8) is 0 Å². The fourth-order valence-corrected chi connectivity index (χ4v) is 1.82. The number of nitrogens with zero attached hydrogens (tertiary/aromatic N) is 1. The first-order valence-corrected chi connectivity index (χ1v) is 5.95. The molecular weight excluding hydrogens is 317 g/mol. The highest BCUT2D eigenvalue weighted by Crippen LogP contribution is 2.31. The van der Waals surface area contributed by atoms with Crippen molar-refractivity contribution in [2.45, 2.75) is 0 Å². The van der Waals surface area contributed by atoms with E-state index in [1.807, 2.05) is 0 Å². The van der Waals surface area contributed by atoms with E-state index >= 15 is 0 Å². The molecule has 0 saturated heterocycles. The number of pyridine rings is 1. The topological polar surface area (TPSA) is 91.2 Å². The van der Waals surface area contributed by atoms with Crippen molar-refractivity contribution in [3.8, 4) is 11.6 Å². The first-order valence-electron chi connectivity index (χ1n) is 5.15. The van der Waals surface area contributed by atoms with Crippen LogP contribution in [0.5, 0.6) is 11.6 Å². The van der Waals surface area contributed by atoms with Crippen LogP contribution in [0.2, 0.25) is 0 Å². The molecule has 98 valence electrons. The lowest BCUT2D eigenvalue weighted by atomic mass is 10.2. The van der Waals surface area contributed by atoms with Crippen LogP contribution < -0.4 is 16.2 Å². The number of hydrogen-bond donors (Lipinski definition) is 2. The third-order valence-electron chi connectivity index (χ3n) is 2.24. The molecule has 1 heterocycles. The van der Waals surface area contributed by atoms with E-state index in [9.17, 15) is 9.18 Å². The van der Waals surface area contributed by atoms with Gasteiger partial charge in [-0.2, -0.15) is 0 Å². The molecule has 0 saturated carbocycles. The summed E-state index contributed by atoms with van der Waals surface area (Å²) in [6, 6.07) is 5.22. The van der Waals surface area contributed by atoms with Gasteiger partial charge >= 0.3 is 0 Å². The highest BCUT2D eigenvalue weighted by Gasteiger charge is 2.14. The van der Waals surface area contributed by atoms with Crippen molar-refractivity contribution < 1.29 is 13.9 Å². The molecule has 1 aromatic heterocycles. The summed E-state index contributed by atoms with van der Waals surface area (Å²) in [7, 11) is 0. The number of benzene rings is 1. The summed E-state index contributed by atoms with van der Waals surface area (Å²) in [5.74, 6) is -0.817. The molecule has 0 spiro atoms. The summed E-state index contributed by atoms with van der Waals surface area (Å²) < 4.78 is 18.8. The maximum atomic E-state index is 13.0. The largest absolute Gasteiger partial charge is 0.437 e. The molecule has 19 heavy (non-hydrogen) atoms. The smallest absolute Gasteiger partial charge is 0.254 e. The fourth-order valence-electron chi connectivity index (χ4n) is 1.39. The van der Waals surface area contributed by atoms with E-state index in [0.29, 0.717) is 15.9 Å². The van der Waals surface area contributed by atoms with Gasteiger partial charge in [0.05, 0.1) is 16.4 Å². The molecule has 0 unspecified atom stereocenters. The molecule has 0 aliphatic carbocycles. The van der Waals surface area contributed by atoms with Crippen LogP contribution in [-0.2, 0) is 0 Å². The summed E-state index contributed by atoms with van der Waals surface area (Å²) >= 11 is 3.15. The van der Waals surface area contributed by atoms with Gasteiger partial charge in [0.1, 0.15) is 17.1 Å². The number of halogens is 2. The normalized spacial score (nSPS) is 10.2. The van der Waals surface area contributed by atoms with E-state index in [0.717, 1.165) is 0 Å². The lowest BCUT2D eigenvalue weighted by molar-refractivity contribution is 0.0997. The Kier molecular flexibility index (Phi) is 3.66. The Bertz CT molecular complexity index is 649. The molecule has 2 rings (SSSR count). The Hall–Kier alpha value is -2.15. The monoisotopic (exact) mass is 325 g/mol. The van der Waals surface area contributed by atoms with Gasteiger partial charge in [-0.3, -0.25) is 4.79 Å². The number of nitrogens with two attached hydrogens (primary N) is 2. The van der Waals surface area contributed by atoms with E-state index in [2.05, 4.69) is 20.9 Å². The van der Waals surface area contributed by atoms with Crippen molar-refractivity contribution in [2.24, 2.45) is 5.73 Å². The SMILES string of the molecule is NC(=O)c1cc(N)cnc1Oc1ccc(F)cc1Br. The minimum absolute atomic E-state index is 0.00834. The average Bonchev–Trinajstić information content (AvgIpc) is 2.34. The van der Waals surface area contributed by atoms with Gasteiger partial charge in [-0.15, -0.1) is 0 Å². The van der Waals surface area contributed by atoms with E-state index in [-0.39, 0.29) is 11.4 Å². The van der Waals surface area contributed by atoms with E-state index in [1.54, 1.807) is 0 Å². The van der Waals surface area contributed by atoms with Gasteiger partial charge in [-0.1, -0.05) is 0 Å². The molecule has 1 aromatic carbocycles. The molecule has 2 aromatic rings. The zero-order valence-electron chi connectivity index (χ0n) is 9.56. The lowest BCUT2D eigenvalue weighted by Crippen LogP contribution is -2.13. The van der Waals surface area contributed by atoms with Gasteiger partial charge in [-0.25, -0.2) is 9.37 Å². The molecule has 5 nitrogen and oxygen atoms in total. The Morgan fingerprint density at radius 2 is 2.11 bits per heavy atom. The fraction of sp³-hybridized carbons (Fsp3) is 0. The van der Waals surface area contributed by atoms with E-state index in [4.69, 9.17) is 16.2 Å². The van der Waals surface area contributed by atoms with Gasteiger partial charge in [0.15, 0.2) is 0 Å². The molecule has 0 radical (unpaired) electrons. The molecule has 0 fully saturated rings. The number of amides is 1. The highest BCUT2D eigenvalue weighted by molar-refractivity contribution is 9.10. The van der Waals surface area contributed by atoms with Gasteiger partial charge in [-0.05, 0) is 40.2 Å². The Labute approximate surface area is 116 Å². The average molecular weight is 326 g/mol. The molecule has 4 N–H and O–H groups in total. The van der Waals surface area contributed by atoms with E-state index < -0.39 is 11.7 Å². The number of primary amides is 1. The van der Waals surface area contributed by atoms with Crippen molar-refractivity contribution in [3.05, 3.63) is 46.3 Å². The minimum atomic E-state index is -0.715. The van der Waals surface area contributed by atoms with Crippen molar-refractivity contribution in [1.82, 2.24) is 4.98 Å². The van der Waals surface area contributed by atoms with Crippen LogP contribution in [0.4, 0.5) is 10.1 Å². The summed E-state index contributed by atoms with van der Waals surface area (Å²) in [5, 5.41) is 0. The molecular formula is C12H9BrFN3O2. The summed E-state index contributed by atoms with van der Waals surface area (Å²) in [6.45, 7) is 0. The third kappa shape index (κ3) is 3.00. The molecule has 0 aliphatic heterocycles. The second-order valence-electron chi connectivity index (χ2n) is 3.66. The summed E-state index contributed by atoms with van der Waals surface area (Å²) in [4.78, 5) is 15.2. The number of carbonyl (C=O) groups excluding carboxylic acids is 1. The Balaban J connectivity index is 2.40. The molecule has 0 bridgehead atoms. The van der Waals surface area contributed by atoms with Crippen molar-refractivity contribution in [2.75, 3.05) is 5.73 Å². The maximum Gasteiger partial charge on any atom is 0.254 e. The number of rotatable bonds is 3. The molecule has 1 amide bonds. The van der Waals surface area contributed by atoms with Gasteiger partial charge in [0, 0.05) is 0 Å². The zero-order chi connectivity index (χ0) is 14.0. The predicted octanol–water partition coefficient (Wildman–Crippen LogP) is 2.46. The Morgan fingerprint density at radius 1 is 1.37 bits per heavy atom. The first kappa shape index (κ1) is 13.3. The van der Waals surface area contributed by atoms with Gasteiger partial charge in [0.25, 0.3) is 5.91 Å². The van der Waals surface area contributed by atoms with Crippen molar-refractivity contribution in [1.29, 1.82) is 0 Å². The number of hydrogen-bond acceptors (Lipinski definition) is 4. The number of nitrogen functional groups attached to an aromatic ring is 1. The quantitative estimate of drug-likeness (QED) is 0.906. The second kappa shape index (κ2) is 5.23. The standard InChI is InChI=1S/C12H9BrFN3O2/c13-9-3-6(14)1-2-10(9)19-12-8(11(16)18)4-7(15)5-17-12/h1-5H,15H2,(H2,16,18). The summed E-state index contributed by atoms with van der Waals surface area (Å²) in [6.07, 6.45) is 1.33. The van der Waals surface area contributed by atoms with Gasteiger partial charge < -0.3 is 16.2 Å². The number of carbonyl (C=O) groups is 1. The lowest BCUT2D eigenvalue weighted by Gasteiger charge is -2.10. The van der Waals surface area contributed by atoms with Crippen LogP contribution in [0.25, 0.3) is 0 Å². The van der Waals surface area contributed by atoms with Crippen LogP contribution in [0, 0.1) is 5.82 Å². The number of aromatic nitrogens is 1. The number of ether oxygens (including phenoxy) is 1. The minimum Gasteiger partial charge on any atom is -0.437 e. The van der Waals surface area contributed by atoms with Crippen LogP contribution in [-0.4, -0.2) is 10.9 Å². The molecule has 0 aliphatic rings. The molecule has 0 atom stereocenters. The highest BCUT2D eigenvalue weighted by atomic mass is 79.9. The van der Waals surface area contributed by atoms with Crippen LogP contribution in [0.15, 0.2) is 34.9 Å². The summed E-state index contributed by atoms with van der Waals surface area (Å²) in [5.41, 5.74) is 11.1. The van der Waals surface area contributed by atoms with E-state index in [1.165, 1.54) is 30.5 Å². The number of anilines is 1. The molecule has 7 heteroatoms. The maximum absolute atomic E-state index is 13.0. The Morgan fingerprint density at radius 3 is 2.74 bits per heavy atom. The second-order valence-corrected chi connectivity index (χ2v) is 4.52. The third-order valence-corrected chi connectivity index (χ3v) is 2.86. The van der Waals surface area contributed by atoms with Crippen LogP contribution >= 0.6 is 15.9 Å². The van der Waals surface area contributed by atoms with Crippen molar-refractivity contribution >= 4 is 27.5 Å². The first-order chi connectivity index (χ1) is 8.97. The van der Waals surface area contributed by atoms with Crippen LogP contribution in [0.3, 0.4) is 0 Å². The zero-order valence-corrected chi connectivity index (χ0v) is 11.1. The van der Waals surface area contributed by atoms with Gasteiger partial charge in [0.2, 0.25) is 5.88 Å². The van der Waals surface area contributed by atoms with Crippen LogP contribution in [0.1, 0.15) is 10.4 Å². The predicted molar refractivity (Wildman–Crippen MR) is 71.3 cm³/mol.